The average Bonchev–Trinajstić information content (AvgIpc) is 3.93. The highest BCUT2D eigenvalue weighted by Crippen LogP contribution is 2.53. The van der Waals surface area contributed by atoms with E-state index in [1.807, 2.05) is 11.3 Å². The van der Waals surface area contributed by atoms with Gasteiger partial charge >= 0.3 is 0 Å². The van der Waals surface area contributed by atoms with Crippen LogP contribution in [0.2, 0.25) is 0 Å². The topological polar surface area (TPSA) is 6.48 Å². The van der Waals surface area contributed by atoms with Crippen LogP contribution in [0, 0.1) is 0 Å². The average molecular weight is 847 g/mol. The zero-order valence-corrected chi connectivity index (χ0v) is 36.4. The Balaban J connectivity index is 1.00. The van der Waals surface area contributed by atoms with Crippen molar-refractivity contribution in [2.45, 2.75) is 12.0 Å². The Labute approximate surface area is 382 Å². The lowest BCUT2D eigenvalue weighted by molar-refractivity contribution is 0.745. The molecule has 1 aliphatic heterocycles. The van der Waals surface area contributed by atoms with Gasteiger partial charge in [0.25, 0.3) is 0 Å². The maximum Gasteiger partial charge on any atom is 0.0630 e. The summed E-state index contributed by atoms with van der Waals surface area (Å²) in [4.78, 5) is 5.07. The van der Waals surface area contributed by atoms with Crippen LogP contribution in [0.15, 0.2) is 243 Å². The summed E-state index contributed by atoms with van der Waals surface area (Å²) in [5, 5.41) is 7.64. The van der Waals surface area contributed by atoms with Crippen LogP contribution < -0.4 is 9.80 Å². The highest BCUT2D eigenvalue weighted by atomic mass is 32.1. The fourth-order valence-corrected chi connectivity index (χ4v) is 11.7. The standard InChI is InChI=1S/C62H42N2S/c1-2-15-42(16-3-1)56-39-45(50-21-8-11-26-57(50)64-58-27-12-9-23-52(58)55-36-31-43-18-5-7-22-51(43)62(55)64)32-38-59(56)63(47-35-37-54-53-24-10-13-28-60(53)65-61(54)40-47)46-33-29-44(30-34-46)49-25-14-19-41-17-4-6-20-48(41)49/h1-40,52,58H. The smallest absolute Gasteiger partial charge is 0.0630 e. The first kappa shape index (κ1) is 37.6. The minimum Gasteiger partial charge on any atom is -0.332 e. The first-order valence-corrected chi connectivity index (χ1v) is 23.3. The highest BCUT2D eigenvalue weighted by Gasteiger charge is 2.39. The number of benzene rings is 10. The van der Waals surface area contributed by atoms with Gasteiger partial charge in [-0.25, -0.2) is 0 Å². The van der Waals surface area contributed by atoms with E-state index in [-0.39, 0.29) is 12.0 Å². The number of allylic oxidation sites excluding steroid dienone is 2. The van der Waals surface area contributed by atoms with Crippen LogP contribution in [-0.4, -0.2) is 6.04 Å². The molecule has 306 valence electrons. The summed E-state index contributed by atoms with van der Waals surface area (Å²) in [6.07, 6.45) is 9.18. The monoisotopic (exact) mass is 846 g/mol. The van der Waals surface area contributed by atoms with Gasteiger partial charge in [0.2, 0.25) is 0 Å². The Hall–Kier alpha value is -7.98. The minimum absolute atomic E-state index is 0.172. The molecule has 0 spiro atoms. The molecule has 13 rings (SSSR count). The van der Waals surface area contributed by atoms with Crippen LogP contribution in [0.5, 0.6) is 0 Å². The van der Waals surface area contributed by atoms with Crippen molar-refractivity contribution in [3.63, 3.8) is 0 Å². The molecule has 0 amide bonds. The van der Waals surface area contributed by atoms with Gasteiger partial charge in [-0.2, -0.15) is 0 Å². The SMILES string of the molecule is C1=CC2c3ccc4ccccc4c3N(c3ccccc3-c3ccc(N(c4ccc(-c5cccc6ccccc56)cc4)c4ccc5c(c4)sc4ccccc45)c(-c4ccccc4)c3)C2C=C1. The number of para-hydroxylation sites is 1. The molecule has 2 unspecified atom stereocenters. The van der Waals surface area contributed by atoms with Crippen LogP contribution >= 0.6 is 11.3 Å². The highest BCUT2D eigenvalue weighted by molar-refractivity contribution is 7.25. The number of rotatable bonds is 7. The van der Waals surface area contributed by atoms with Crippen LogP contribution in [0.1, 0.15) is 11.5 Å². The first-order chi connectivity index (χ1) is 32.2. The summed E-state index contributed by atoms with van der Waals surface area (Å²) in [6.45, 7) is 0. The molecule has 0 bridgehead atoms. The number of fused-ring (bicyclic) bond motifs is 9. The predicted molar refractivity (Wildman–Crippen MR) is 279 cm³/mol. The minimum atomic E-state index is 0.172. The Kier molecular flexibility index (Phi) is 8.89. The number of thiophene rings is 1. The quantitative estimate of drug-likeness (QED) is 0.158. The molecule has 0 fully saturated rings. The Bertz CT molecular complexity index is 3690. The Morgan fingerprint density at radius 3 is 1.92 bits per heavy atom. The van der Waals surface area contributed by atoms with E-state index in [4.69, 9.17) is 0 Å². The lowest BCUT2D eigenvalue weighted by Crippen LogP contribution is -2.29. The fraction of sp³-hybridized carbons (Fsp3) is 0.0323. The van der Waals surface area contributed by atoms with Gasteiger partial charge in [0.15, 0.2) is 0 Å². The van der Waals surface area contributed by atoms with E-state index >= 15 is 0 Å². The number of hydrogen-bond donors (Lipinski definition) is 0. The van der Waals surface area contributed by atoms with Crippen molar-refractivity contribution in [2.75, 3.05) is 9.80 Å². The summed E-state index contributed by atoms with van der Waals surface area (Å²) < 4.78 is 2.58. The van der Waals surface area contributed by atoms with Crippen molar-refractivity contribution >= 4 is 81.5 Å². The molecule has 11 aromatic rings. The third-order valence-electron chi connectivity index (χ3n) is 13.6. The van der Waals surface area contributed by atoms with Crippen LogP contribution in [0.3, 0.4) is 0 Å². The molecule has 2 nitrogen and oxygen atoms in total. The molecule has 2 heterocycles. The zero-order chi connectivity index (χ0) is 42.8. The molecular weight excluding hydrogens is 805 g/mol. The van der Waals surface area contributed by atoms with E-state index in [0.29, 0.717) is 0 Å². The van der Waals surface area contributed by atoms with Gasteiger partial charge in [0.1, 0.15) is 0 Å². The molecule has 65 heavy (non-hydrogen) atoms. The molecule has 0 saturated carbocycles. The molecule has 2 atom stereocenters. The van der Waals surface area contributed by atoms with Gasteiger partial charge in [-0.15, -0.1) is 11.3 Å². The van der Waals surface area contributed by atoms with Gasteiger partial charge in [-0.1, -0.05) is 194 Å². The lowest BCUT2D eigenvalue weighted by atomic mass is 9.90. The van der Waals surface area contributed by atoms with Crippen molar-refractivity contribution in [2.24, 2.45) is 0 Å². The maximum atomic E-state index is 2.61. The largest absolute Gasteiger partial charge is 0.332 e. The molecule has 0 saturated heterocycles. The molecule has 3 heteroatoms. The van der Waals surface area contributed by atoms with Crippen molar-refractivity contribution in [3.8, 4) is 33.4 Å². The number of anilines is 5. The number of hydrogen-bond acceptors (Lipinski definition) is 3. The molecule has 10 aromatic carbocycles. The second-order valence-corrected chi connectivity index (χ2v) is 18.3. The molecule has 2 aliphatic rings. The van der Waals surface area contributed by atoms with Crippen molar-refractivity contribution in [1.82, 2.24) is 0 Å². The van der Waals surface area contributed by atoms with Crippen LogP contribution in [-0.2, 0) is 0 Å². The second kappa shape index (κ2) is 15.4. The lowest BCUT2D eigenvalue weighted by Gasteiger charge is -2.32. The maximum absolute atomic E-state index is 2.61. The van der Waals surface area contributed by atoms with E-state index in [1.165, 1.54) is 86.5 Å². The van der Waals surface area contributed by atoms with Gasteiger partial charge < -0.3 is 9.80 Å². The first-order valence-electron chi connectivity index (χ1n) is 22.5. The summed E-state index contributed by atoms with van der Waals surface area (Å²) in [5.74, 6) is 0.272. The molecule has 1 aliphatic carbocycles. The fourth-order valence-electron chi connectivity index (χ4n) is 10.6. The van der Waals surface area contributed by atoms with Crippen molar-refractivity contribution in [1.29, 1.82) is 0 Å². The third-order valence-corrected chi connectivity index (χ3v) is 14.7. The van der Waals surface area contributed by atoms with Gasteiger partial charge in [0, 0.05) is 59.7 Å². The van der Waals surface area contributed by atoms with Crippen molar-refractivity contribution in [3.05, 3.63) is 248 Å². The summed E-state index contributed by atoms with van der Waals surface area (Å²) in [7, 11) is 0. The van der Waals surface area contributed by atoms with Crippen LogP contribution in [0.25, 0.3) is 75.1 Å². The number of nitrogens with zero attached hydrogens (tertiary/aromatic N) is 2. The second-order valence-electron chi connectivity index (χ2n) is 17.2. The van der Waals surface area contributed by atoms with Gasteiger partial charge in [-0.3, -0.25) is 0 Å². The Morgan fingerprint density at radius 2 is 1.05 bits per heavy atom. The summed E-state index contributed by atoms with van der Waals surface area (Å²) >= 11 is 1.86. The summed E-state index contributed by atoms with van der Waals surface area (Å²) in [6, 6.07) is 80.9. The van der Waals surface area contributed by atoms with E-state index < -0.39 is 0 Å². The normalized spacial score (nSPS) is 15.2. The summed E-state index contributed by atoms with van der Waals surface area (Å²) in [5.41, 5.74) is 14.4. The molecular formula is C62H42N2S. The van der Waals surface area contributed by atoms with E-state index in [2.05, 4.69) is 252 Å². The van der Waals surface area contributed by atoms with E-state index in [1.54, 1.807) is 0 Å². The van der Waals surface area contributed by atoms with Gasteiger partial charge in [0.05, 0.1) is 17.4 Å². The van der Waals surface area contributed by atoms with Crippen LogP contribution in [0.4, 0.5) is 28.4 Å². The van der Waals surface area contributed by atoms with Crippen molar-refractivity contribution < 1.29 is 0 Å². The third kappa shape index (κ3) is 6.23. The predicted octanol–water partition coefficient (Wildman–Crippen LogP) is 17.6. The Morgan fingerprint density at radius 1 is 0.400 bits per heavy atom. The molecule has 1 aromatic heterocycles. The van der Waals surface area contributed by atoms with E-state index in [9.17, 15) is 0 Å². The van der Waals surface area contributed by atoms with E-state index in [0.717, 1.165) is 22.6 Å². The van der Waals surface area contributed by atoms with Gasteiger partial charge in [-0.05, 0) is 92.5 Å². The molecule has 0 N–H and O–H groups in total. The zero-order valence-electron chi connectivity index (χ0n) is 35.6. The molecule has 0 radical (unpaired) electrons.